The molecular weight excluding hydrogens is 194 g/mol. The van der Waals surface area contributed by atoms with Crippen LogP contribution < -0.4 is 0 Å². The predicted molar refractivity (Wildman–Crippen MR) is 53.5 cm³/mol. The summed E-state index contributed by atoms with van der Waals surface area (Å²) < 4.78 is 4.67. The van der Waals surface area contributed by atoms with Crippen molar-refractivity contribution in [1.29, 1.82) is 0 Å². The maximum absolute atomic E-state index is 11.4. The van der Waals surface area contributed by atoms with Crippen molar-refractivity contribution in [2.75, 3.05) is 7.11 Å². The van der Waals surface area contributed by atoms with Crippen molar-refractivity contribution < 1.29 is 9.53 Å². The standard InChI is InChI=1S/C10H15N3O2/c1-10(2,6-4-5-6)8-7(9(14)15-3)11-13-12-8/h6H,4-5H2,1-3H3,(H,11,12,13). The average molecular weight is 209 g/mol. The summed E-state index contributed by atoms with van der Waals surface area (Å²) >= 11 is 0. The minimum atomic E-state index is -0.424. The van der Waals surface area contributed by atoms with Gasteiger partial charge < -0.3 is 4.74 Å². The molecule has 0 saturated heterocycles. The van der Waals surface area contributed by atoms with Gasteiger partial charge in [0, 0.05) is 5.41 Å². The number of nitrogens with one attached hydrogen (secondary N) is 1. The highest BCUT2D eigenvalue weighted by molar-refractivity contribution is 5.88. The van der Waals surface area contributed by atoms with E-state index in [4.69, 9.17) is 0 Å². The number of carbonyl (C=O) groups excluding carboxylic acids is 1. The third-order valence-electron chi connectivity index (χ3n) is 3.13. The van der Waals surface area contributed by atoms with E-state index >= 15 is 0 Å². The molecular formula is C10H15N3O2. The quantitative estimate of drug-likeness (QED) is 0.761. The molecule has 0 aliphatic heterocycles. The second kappa shape index (κ2) is 3.32. The van der Waals surface area contributed by atoms with Crippen LogP contribution in [0.5, 0.6) is 0 Å². The lowest BCUT2D eigenvalue weighted by Crippen LogP contribution is -2.24. The first-order valence-corrected chi connectivity index (χ1v) is 5.07. The summed E-state index contributed by atoms with van der Waals surface area (Å²) in [5.41, 5.74) is 0.933. The van der Waals surface area contributed by atoms with Crippen molar-refractivity contribution in [3.63, 3.8) is 0 Å². The lowest BCUT2D eigenvalue weighted by Gasteiger charge is -2.21. The third-order valence-corrected chi connectivity index (χ3v) is 3.13. The Hall–Kier alpha value is -1.39. The van der Waals surface area contributed by atoms with E-state index in [-0.39, 0.29) is 5.41 Å². The van der Waals surface area contributed by atoms with Crippen LogP contribution in [0.2, 0.25) is 0 Å². The van der Waals surface area contributed by atoms with E-state index in [1.54, 1.807) is 0 Å². The fourth-order valence-electron chi connectivity index (χ4n) is 1.92. The van der Waals surface area contributed by atoms with Crippen molar-refractivity contribution >= 4 is 5.97 Å². The molecule has 1 aromatic heterocycles. The van der Waals surface area contributed by atoms with Crippen LogP contribution in [0.15, 0.2) is 0 Å². The number of rotatable bonds is 3. The average Bonchev–Trinajstić information content (AvgIpc) is 2.95. The van der Waals surface area contributed by atoms with Gasteiger partial charge in [0.2, 0.25) is 0 Å². The molecule has 1 saturated carbocycles. The molecule has 0 amide bonds. The summed E-state index contributed by atoms with van der Waals surface area (Å²) in [6.45, 7) is 4.18. The number of H-pyrrole nitrogens is 1. The van der Waals surface area contributed by atoms with Crippen molar-refractivity contribution in [3.05, 3.63) is 11.4 Å². The fourth-order valence-corrected chi connectivity index (χ4v) is 1.92. The fraction of sp³-hybridized carbons (Fsp3) is 0.700. The molecule has 1 N–H and O–H groups in total. The van der Waals surface area contributed by atoms with Gasteiger partial charge in [0.25, 0.3) is 0 Å². The molecule has 0 radical (unpaired) electrons. The molecule has 1 heterocycles. The first-order valence-electron chi connectivity index (χ1n) is 5.07. The molecule has 1 aromatic rings. The van der Waals surface area contributed by atoms with E-state index < -0.39 is 5.97 Å². The number of aromatic nitrogens is 3. The zero-order valence-corrected chi connectivity index (χ0v) is 9.20. The van der Waals surface area contributed by atoms with Gasteiger partial charge in [0.1, 0.15) is 5.69 Å². The molecule has 82 valence electrons. The van der Waals surface area contributed by atoms with Gasteiger partial charge in [-0.2, -0.15) is 10.3 Å². The van der Waals surface area contributed by atoms with E-state index in [9.17, 15) is 4.79 Å². The number of carbonyl (C=O) groups is 1. The van der Waals surface area contributed by atoms with E-state index in [1.807, 2.05) is 0 Å². The SMILES string of the molecule is COC(=O)c1n[nH]nc1C(C)(C)C1CC1. The van der Waals surface area contributed by atoms with Gasteiger partial charge in [0.15, 0.2) is 5.69 Å². The topological polar surface area (TPSA) is 67.9 Å². The number of ether oxygens (including phenoxy) is 1. The smallest absolute Gasteiger partial charge is 0.360 e. The Morgan fingerprint density at radius 2 is 2.13 bits per heavy atom. The highest BCUT2D eigenvalue weighted by Crippen LogP contribution is 2.46. The van der Waals surface area contributed by atoms with Crippen molar-refractivity contribution in [3.8, 4) is 0 Å². The zero-order valence-electron chi connectivity index (χ0n) is 9.20. The maximum atomic E-state index is 11.4. The van der Waals surface area contributed by atoms with Crippen LogP contribution in [0.1, 0.15) is 42.9 Å². The van der Waals surface area contributed by atoms with Gasteiger partial charge in [-0.1, -0.05) is 13.8 Å². The minimum absolute atomic E-state index is 0.101. The summed E-state index contributed by atoms with van der Waals surface area (Å²) in [4.78, 5) is 11.4. The highest BCUT2D eigenvalue weighted by atomic mass is 16.5. The molecule has 0 spiro atoms. The Bertz CT molecular complexity index is 380. The summed E-state index contributed by atoms with van der Waals surface area (Å²) in [6.07, 6.45) is 2.39. The van der Waals surface area contributed by atoms with Gasteiger partial charge in [-0.05, 0) is 18.8 Å². The van der Waals surface area contributed by atoms with Gasteiger partial charge in [0.05, 0.1) is 7.11 Å². The molecule has 5 heteroatoms. The minimum Gasteiger partial charge on any atom is -0.464 e. The predicted octanol–water partition coefficient (Wildman–Crippen LogP) is 1.28. The van der Waals surface area contributed by atoms with Gasteiger partial charge in [-0.25, -0.2) is 4.79 Å². The Morgan fingerprint density at radius 3 is 2.67 bits per heavy atom. The van der Waals surface area contributed by atoms with Crippen molar-refractivity contribution in [2.24, 2.45) is 5.92 Å². The summed E-state index contributed by atoms with van der Waals surface area (Å²) in [7, 11) is 1.35. The Morgan fingerprint density at radius 1 is 1.47 bits per heavy atom. The van der Waals surface area contributed by atoms with Crippen LogP contribution in [0, 0.1) is 5.92 Å². The summed E-state index contributed by atoms with van der Waals surface area (Å²) in [5.74, 6) is 0.179. The zero-order chi connectivity index (χ0) is 11.1. The van der Waals surface area contributed by atoms with Crippen LogP contribution in [0.25, 0.3) is 0 Å². The molecule has 0 unspecified atom stereocenters. The molecule has 1 aliphatic carbocycles. The van der Waals surface area contributed by atoms with Crippen molar-refractivity contribution in [1.82, 2.24) is 15.4 Å². The van der Waals surface area contributed by atoms with Crippen LogP contribution in [0.3, 0.4) is 0 Å². The van der Waals surface area contributed by atoms with E-state index in [0.717, 1.165) is 5.69 Å². The maximum Gasteiger partial charge on any atom is 0.360 e. The van der Waals surface area contributed by atoms with Crippen LogP contribution in [-0.2, 0) is 10.2 Å². The van der Waals surface area contributed by atoms with Gasteiger partial charge >= 0.3 is 5.97 Å². The summed E-state index contributed by atoms with van der Waals surface area (Å²) in [5, 5.41) is 10.4. The first kappa shape index (κ1) is 10.1. The molecule has 1 aliphatic rings. The monoisotopic (exact) mass is 209 g/mol. The first-order chi connectivity index (χ1) is 7.07. The summed E-state index contributed by atoms with van der Waals surface area (Å²) in [6, 6.07) is 0. The molecule has 0 aromatic carbocycles. The Kier molecular flexibility index (Phi) is 2.25. The Balaban J connectivity index is 2.35. The molecule has 15 heavy (non-hydrogen) atoms. The largest absolute Gasteiger partial charge is 0.464 e. The third kappa shape index (κ3) is 1.62. The number of nitrogens with zero attached hydrogens (tertiary/aromatic N) is 2. The number of esters is 1. The lowest BCUT2D eigenvalue weighted by molar-refractivity contribution is 0.0590. The van der Waals surface area contributed by atoms with E-state index in [0.29, 0.717) is 11.6 Å². The normalized spacial score (nSPS) is 16.5. The molecule has 2 rings (SSSR count). The van der Waals surface area contributed by atoms with Crippen LogP contribution >= 0.6 is 0 Å². The van der Waals surface area contributed by atoms with Gasteiger partial charge in [-0.15, -0.1) is 5.10 Å². The number of hydrogen-bond acceptors (Lipinski definition) is 4. The number of aromatic amines is 1. The van der Waals surface area contributed by atoms with Gasteiger partial charge in [-0.3, -0.25) is 0 Å². The lowest BCUT2D eigenvalue weighted by atomic mass is 9.83. The number of methoxy groups -OCH3 is 1. The van der Waals surface area contributed by atoms with E-state index in [2.05, 4.69) is 34.0 Å². The second-order valence-corrected chi connectivity index (χ2v) is 4.51. The molecule has 1 fully saturated rings. The van der Waals surface area contributed by atoms with E-state index in [1.165, 1.54) is 20.0 Å². The van der Waals surface area contributed by atoms with Crippen LogP contribution in [0.4, 0.5) is 0 Å². The number of hydrogen-bond donors (Lipinski definition) is 1. The van der Waals surface area contributed by atoms with Crippen LogP contribution in [-0.4, -0.2) is 28.5 Å². The molecule has 0 atom stereocenters. The Labute approximate surface area is 88.2 Å². The molecule has 5 nitrogen and oxygen atoms in total. The highest BCUT2D eigenvalue weighted by Gasteiger charge is 2.43. The second-order valence-electron chi connectivity index (χ2n) is 4.51. The van der Waals surface area contributed by atoms with Crippen molar-refractivity contribution in [2.45, 2.75) is 32.1 Å². The molecule has 0 bridgehead atoms.